The van der Waals surface area contributed by atoms with E-state index in [2.05, 4.69) is 22.4 Å². The molecule has 1 N–H and O–H groups in total. The summed E-state index contributed by atoms with van der Waals surface area (Å²) >= 11 is 6.79. The van der Waals surface area contributed by atoms with Gasteiger partial charge in [0.1, 0.15) is 0 Å². The third-order valence-corrected chi connectivity index (χ3v) is 4.36. The van der Waals surface area contributed by atoms with Crippen molar-refractivity contribution in [2.24, 2.45) is 5.92 Å². The monoisotopic (exact) mass is 273 g/mol. The van der Waals surface area contributed by atoms with Crippen molar-refractivity contribution in [3.05, 3.63) is 9.47 Å². The summed E-state index contributed by atoms with van der Waals surface area (Å²) in [6.45, 7) is 2.18. The summed E-state index contributed by atoms with van der Waals surface area (Å²) in [5.41, 5.74) is 0. The summed E-state index contributed by atoms with van der Waals surface area (Å²) in [6, 6.07) is 0.281. The van der Waals surface area contributed by atoms with Crippen LogP contribution < -0.4 is 5.32 Å². The Morgan fingerprint density at radius 3 is 2.88 bits per heavy atom. The van der Waals surface area contributed by atoms with Gasteiger partial charge in [0.15, 0.2) is 0 Å². The lowest BCUT2D eigenvalue weighted by atomic mass is 9.83. The van der Waals surface area contributed by atoms with E-state index in [0.717, 1.165) is 24.2 Å². The SMILES string of the molecule is CCC1CCCCC1NC(=O)c1nnc(Cl)s1. The second kappa shape index (κ2) is 5.78. The largest absolute Gasteiger partial charge is 0.347 e. The lowest BCUT2D eigenvalue weighted by Gasteiger charge is -2.31. The van der Waals surface area contributed by atoms with Crippen molar-refractivity contribution in [1.29, 1.82) is 0 Å². The number of carbonyl (C=O) groups excluding carboxylic acids is 1. The van der Waals surface area contributed by atoms with Crippen molar-refractivity contribution in [2.45, 2.75) is 45.1 Å². The van der Waals surface area contributed by atoms with Gasteiger partial charge in [-0.15, -0.1) is 10.2 Å². The highest BCUT2D eigenvalue weighted by Gasteiger charge is 2.26. The first-order chi connectivity index (χ1) is 8.20. The fourth-order valence-corrected chi connectivity index (χ4v) is 3.15. The number of hydrogen-bond acceptors (Lipinski definition) is 4. The second-order valence-electron chi connectivity index (χ2n) is 4.39. The Labute approximate surface area is 110 Å². The topological polar surface area (TPSA) is 54.9 Å². The van der Waals surface area contributed by atoms with Gasteiger partial charge >= 0.3 is 0 Å². The molecule has 1 aliphatic rings. The molecule has 1 amide bonds. The van der Waals surface area contributed by atoms with E-state index in [1.807, 2.05) is 0 Å². The van der Waals surface area contributed by atoms with Crippen LogP contribution in [0.5, 0.6) is 0 Å². The Balaban J connectivity index is 1.97. The molecular weight excluding hydrogens is 258 g/mol. The molecule has 6 heteroatoms. The van der Waals surface area contributed by atoms with Crippen LogP contribution in [-0.4, -0.2) is 22.1 Å². The number of nitrogens with one attached hydrogen (secondary N) is 1. The third kappa shape index (κ3) is 3.16. The average molecular weight is 274 g/mol. The van der Waals surface area contributed by atoms with Crippen LogP contribution in [0.4, 0.5) is 0 Å². The summed E-state index contributed by atoms with van der Waals surface area (Å²) < 4.78 is 0.311. The minimum atomic E-state index is -0.139. The summed E-state index contributed by atoms with van der Waals surface area (Å²) in [6.07, 6.45) is 5.85. The molecule has 1 aromatic heterocycles. The normalized spacial score (nSPS) is 24.6. The minimum absolute atomic E-state index is 0.139. The van der Waals surface area contributed by atoms with Crippen LogP contribution >= 0.6 is 22.9 Å². The summed E-state index contributed by atoms with van der Waals surface area (Å²) in [5, 5.41) is 10.8. The van der Waals surface area contributed by atoms with Gasteiger partial charge in [-0.3, -0.25) is 4.79 Å². The fraction of sp³-hybridized carbons (Fsp3) is 0.727. The van der Waals surface area contributed by atoms with Gasteiger partial charge in [0.2, 0.25) is 9.47 Å². The van der Waals surface area contributed by atoms with Crippen LogP contribution in [0, 0.1) is 5.92 Å². The predicted molar refractivity (Wildman–Crippen MR) is 68.4 cm³/mol. The Bertz CT molecular complexity index is 396. The van der Waals surface area contributed by atoms with Gasteiger partial charge in [0, 0.05) is 6.04 Å². The molecule has 0 saturated heterocycles. The number of aromatic nitrogens is 2. The first-order valence-electron chi connectivity index (χ1n) is 6.00. The molecular formula is C11H16ClN3OS. The van der Waals surface area contributed by atoms with Crippen LogP contribution in [0.2, 0.25) is 4.47 Å². The first-order valence-corrected chi connectivity index (χ1v) is 7.20. The van der Waals surface area contributed by atoms with Crippen molar-refractivity contribution < 1.29 is 4.79 Å². The van der Waals surface area contributed by atoms with Crippen LogP contribution in [0.1, 0.15) is 48.8 Å². The molecule has 0 bridgehead atoms. The van der Waals surface area contributed by atoms with E-state index < -0.39 is 0 Å². The molecule has 1 heterocycles. The van der Waals surface area contributed by atoms with Crippen LogP contribution in [-0.2, 0) is 0 Å². The number of amides is 1. The van der Waals surface area contributed by atoms with E-state index in [0.29, 0.717) is 15.4 Å². The van der Waals surface area contributed by atoms with E-state index in [1.54, 1.807) is 0 Å². The second-order valence-corrected chi connectivity index (χ2v) is 5.95. The molecule has 0 aliphatic heterocycles. The molecule has 94 valence electrons. The van der Waals surface area contributed by atoms with E-state index in [4.69, 9.17) is 11.6 Å². The zero-order valence-electron chi connectivity index (χ0n) is 9.78. The molecule has 1 aliphatic carbocycles. The molecule has 2 rings (SSSR count). The van der Waals surface area contributed by atoms with E-state index >= 15 is 0 Å². The lowest BCUT2D eigenvalue weighted by molar-refractivity contribution is 0.0903. The summed E-state index contributed by atoms with van der Waals surface area (Å²) in [7, 11) is 0. The van der Waals surface area contributed by atoms with Gasteiger partial charge in [-0.2, -0.15) is 0 Å². The lowest BCUT2D eigenvalue weighted by Crippen LogP contribution is -2.41. The molecule has 1 aromatic rings. The molecule has 4 nitrogen and oxygen atoms in total. The summed E-state index contributed by atoms with van der Waals surface area (Å²) in [4.78, 5) is 11.9. The third-order valence-electron chi connectivity index (χ3n) is 3.34. The van der Waals surface area contributed by atoms with Gasteiger partial charge in [-0.05, 0) is 30.4 Å². The molecule has 1 fully saturated rings. The number of hydrogen-bond donors (Lipinski definition) is 1. The molecule has 17 heavy (non-hydrogen) atoms. The molecule has 2 unspecified atom stereocenters. The molecule has 2 atom stereocenters. The molecule has 1 saturated carbocycles. The average Bonchev–Trinajstić information content (AvgIpc) is 2.77. The highest BCUT2D eigenvalue weighted by Crippen LogP contribution is 2.27. The van der Waals surface area contributed by atoms with Crippen molar-refractivity contribution in [2.75, 3.05) is 0 Å². The fourth-order valence-electron chi connectivity index (χ4n) is 2.41. The van der Waals surface area contributed by atoms with E-state index in [9.17, 15) is 4.79 Å². The number of nitrogens with zero attached hydrogens (tertiary/aromatic N) is 2. The van der Waals surface area contributed by atoms with Crippen molar-refractivity contribution in [1.82, 2.24) is 15.5 Å². The quantitative estimate of drug-likeness (QED) is 0.921. The van der Waals surface area contributed by atoms with Crippen LogP contribution in [0.25, 0.3) is 0 Å². The van der Waals surface area contributed by atoms with Crippen molar-refractivity contribution in [3.63, 3.8) is 0 Å². The highest BCUT2D eigenvalue weighted by molar-refractivity contribution is 7.17. The van der Waals surface area contributed by atoms with Crippen LogP contribution in [0.3, 0.4) is 0 Å². The maximum absolute atomic E-state index is 11.9. The van der Waals surface area contributed by atoms with Gasteiger partial charge in [-0.1, -0.05) is 37.5 Å². The number of carbonyl (C=O) groups is 1. The Morgan fingerprint density at radius 1 is 1.47 bits per heavy atom. The Kier molecular flexibility index (Phi) is 4.34. The molecule has 0 radical (unpaired) electrons. The summed E-state index contributed by atoms with van der Waals surface area (Å²) in [5.74, 6) is 0.454. The Morgan fingerprint density at radius 2 is 2.24 bits per heavy atom. The first kappa shape index (κ1) is 12.8. The van der Waals surface area contributed by atoms with Crippen molar-refractivity contribution in [3.8, 4) is 0 Å². The predicted octanol–water partition coefficient (Wildman–Crippen LogP) is 2.89. The van der Waals surface area contributed by atoms with Crippen molar-refractivity contribution >= 4 is 28.8 Å². The maximum Gasteiger partial charge on any atom is 0.282 e. The zero-order chi connectivity index (χ0) is 12.3. The van der Waals surface area contributed by atoms with Gasteiger partial charge in [-0.25, -0.2) is 0 Å². The molecule has 0 spiro atoms. The number of halogens is 1. The highest BCUT2D eigenvalue weighted by atomic mass is 35.5. The zero-order valence-corrected chi connectivity index (χ0v) is 11.4. The minimum Gasteiger partial charge on any atom is -0.347 e. The van der Waals surface area contributed by atoms with Gasteiger partial charge < -0.3 is 5.32 Å². The van der Waals surface area contributed by atoms with E-state index in [-0.39, 0.29) is 11.9 Å². The van der Waals surface area contributed by atoms with E-state index in [1.165, 1.54) is 19.3 Å². The van der Waals surface area contributed by atoms with Gasteiger partial charge in [0.05, 0.1) is 0 Å². The Hall–Kier alpha value is -0.680. The standard InChI is InChI=1S/C11H16ClN3OS/c1-2-7-5-3-4-6-8(7)13-9(16)10-14-15-11(12)17-10/h7-8H,2-6H2,1H3,(H,13,16). The maximum atomic E-state index is 11.9. The van der Waals surface area contributed by atoms with Gasteiger partial charge in [0.25, 0.3) is 5.91 Å². The van der Waals surface area contributed by atoms with Crippen LogP contribution in [0.15, 0.2) is 0 Å². The molecule has 0 aromatic carbocycles. The number of rotatable bonds is 3. The smallest absolute Gasteiger partial charge is 0.282 e.